The van der Waals surface area contributed by atoms with Crippen LogP contribution in [-0.4, -0.2) is 18.0 Å². The Labute approximate surface area is 73.9 Å². The lowest BCUT2D eigenvalue weighted by molar-refractivity contribution is -0.166. The van der Waals surface area contributed by atoms with Crippen molar-refractivity contribution in [3.05, 3.63) is 0 Å². The molecule has 1 aliphatic carbocycles. The molecule has 1 spiro atoms. The topological polar surface area (TPSA) is 29.5 Å². The highest BCUT2D eigenvalue weighted by Gasteiger charge is 2.36. The number of aliphatic hydroxyl groups excluding tert-OH is 1. The van der Waals surface area contributed by atoms with E-state index in [1.165, 1.54) is 38.5 Å². The predicted molar refractivity (Wildman–Crippen MR) is 46.7 cm³/mol. The fraction of sp³-hybridized carbons (Fsp3) is 1.00. The maximum Gasteiger partial charge on any atom is 0.155 e. The first-order valence-corrected chi connectivity index (χ1v) is 5.11. The Morgan fingerprint density at radius 2 is 1.83 bits per heavy atom. The van der Waals surface area contributed by atoms with Crippen molar-refractivity contribution in [3.8, 4) is 0 Å². The molecule has 2 heteroatoms. The molecule has 1 N–H and O–H groups in total. The molecule has 0 aromatic heterocycles. The van der Waals surface area contributed by atoms with E-state index in [0.717, 1.165) is 13.0 Å². The van der Waals surface area contributed by atoms with Crippen molar-refractivity contribution in [3.63, 3.8) is 0 Å². The van der Waals surface area contributed by atoms with Gasteiger partial charge in [0.15, 0.2) is 6.29 Å². The van der Waals surface area contributed by atoms with Crippen molar-refractivity contribution < 1.29 is 9.84 Å². The Morgan fingerprint density at radius 1 is 1.08 bits per heavy atom. The lowest BCUT2D eigenvalue weighted by Crippen LogP contribution is -2.36. The van der Waals surface area contributed by atoms with E-state index in [4.69, 9.17) is 4.74 Å². The summed E-state index contributed by atoms with van der Waals surface area (Å²) in [6.45, 7) is 0.765. The zero-order valence-corrected chi connectivity index (χ0v) is 7.59. The van der Waals surface area contributed by atoms with Crippen LogP contribution in [0, 0.1) is 5.41 Å². The fourth-order valence-electron chi connectivity index (χ4n) is 2.70. The molecule has 1 aliphatic heterocycles. The highest BCUT2D eigenvalue weighted by molar-refractivity contribution is 4.85. The van der Waals surface area contributed by atoms with Gasteiger partial charge in [-0.05, 0) is 24.7 Å². The summed E-state index contributed by atoms with van der Waals surface area (Å²) in [4.78, 5) is 0. The smallest absolute Gasteiger partial charge is 0.155 e. The van der Waals surface area contributed by atoms with E-state index in [0.29, 0.717) is 5.41 Å². The lowest BCUT2D eigenvalue weighted by Gasteiger charge is -2.42. The number of rotatable bonds is 0. The maximum atomic E-state index is 9.40. The molecule has 1 saturated heterocycles. The van der Waals surface area contributed by atoms with Crippen molar-refractivity contribution in [2.75, 3.05) is 6.61 Å². The van der Waals surface area contributed by atoms with Crippen molar-refractivity contribution in [2.24, 2.45) is 5.41 Å². The van der Waals surface area contributed by atoms with Crippen LogP contribution in [0.1, 0.15) is 44.9 Å². The van der Waals surface area contributed by atoms with Gasteiger partial charge < -0.3 is 9.84 Å². The van der Waals surface area contributed by atoms with Crippen LogP contribution in [0.4, 0.5) is 0 Å². The van der Waals surface area contributed by atoms with Gasteiger partial charge in [-0.15, -0.1) is 0 Å². The maximum absolute atomic E-state index is 9.40. The summed E-state index contributed by atoms with van der Waals surface area (Å²) in [5.41, 5.74) is 0.454. The molecule has 0 unspecified atom stereocenters. The molecule has 0 radical (unpaired) electrons. The summed E-state index contributed by atoms with van der Waals surface area (Å²) in [6, 6.07) is 0. The third kappa shape index (κ3) is 1.64. The van der Waals surface area contributed by atoms with Crippen molar-refractivity contribution in [1.82, 2.24) is 0 Å². The Hall–Kier alpha value is -0.0800. The molecule has 1 heterocycles. The third-order valence-electron chi connectivity index (χ3n) is 3.46. The van der Waals surface area contributed by atoms with Gasteiger partial charge in [0.25, 0.3) is 0 Å². The van der Waals surface area contributed by atoms with Crippen LogP contribution in [0.2, 0.25) is 0 Å². The molecule has 2 aliphatic rings. The van der Waals surface area contributed by atoms with E-state index in [1.807, 2.05) is 0 Å². The summed E-state index contributed by atoms with van der Waals surface area (Å²) in [6.07, 6.45) is 8.30. The fourth-order valence-corrected chi connectivity index (χ4v) is 2.70. The Bertz CT molecular complexity index is 144. The molecule has 1 saturated carbocycles. The third-order valence-corrected chi connectivity index (χ3v) is 3.46. The molecule has 0 aromatic carbocycles. The van der Waals surface area contributed by atoms with Crippen LogP contribution in [0.25, 0.3) is 0 Å². The number of aliphatic hydroxyl groups is 1. The molecule has 12 heavy (non-hydrogen) atoms. The van der Waals surface area contributed by atoms with Crippen LogP contribution in [-0.2, 0) is 4.74 Å². The van der Waals surface area contributed by atoms with Gasteiger partial charge >= 0.3 is 0 Å². The zero-order chi connectivity index (χ0) is 8.44. The van der Waals surface area contributed by atoms with Crippen LogP contribution in [0.3, 0.4) is 0 Å². The molecule has 2 nitrogen and oxygen atoms in total. The monoisotopic (exact) mass is 170 g/mol. The molecular formula is C10H18O2. The summed E-state index contributed by atoms with van der Waals surface area (Å²) < 4.78 is 5.16. The average molecular weight is 170 g/mol. The standard InChI is InChI=1S/C10H18O2/c11-9-8-10(6-7-12-9)4-2-1-3-5-10/h9,11H,1-8H2/t9-/m1/s1. The second-order valence-corrected chi connectivity index (χ2v) is 4.34. The van der Waals surface area contributed by atoms with Crippen molar-refractivity contribution in [2.45, 2.75) is 51.2 Å². The number of hydrogen-bond acceptors (Lipinski definition) is 2. The largest absolute Gasteiger partial charge is 0.368 e. The molecule has 0 bridgehead atoms. The lowest BCUT2D eigenvalue weighted by atomic mass is 9.69. The zero-order valence-electron chi connectivity index (χ0n) is 7.59. The summed E-state index contributed by atoms with van der Waals surface area (Å²) in [5.74, 6) is 0. The van der Waals surface area contributed by atoms with E-state index < -0.39 is 6.29 Å². The van der Waals surface area contributed by atoms with Gasteiger partial charge in [0, 0.05) is 6.42 Å². The average Bonchev–Trinajstić information content (AvgIpc) is 2.05. The van der Waals surface area contributed by atoms with E-state index >= 15 is 0 Å². The van der Waals surface area contributed by atoms with Crippen LogP contribution in [0.15, 0.2) is 0 Å². The summed E-state index contributed by atoms with van der Waals surface area (Å²) in [7, 11) is 0. The van der Waals surface area contributed by atoms with Gasteiger partial charge in [-0.1, -0.05) is 19.3 Å². The van der Waals surface area contributed by atoms with Crippen LogP contribution < -0.4 is 0 Å². The normalized spacial score (nSPS) is 35.2. The number of hydrogen-bond donors (Lipinski definition) is 1. The Balaban J connectivity index is 1.97. The molecular weight excluding hydrogens is 152 g/mol. The van der Waals surface area contributed by atoms with Crippen LogP contribution in [0.5, 0.6) is 0 Å². The molecule has 0 aromatic rings. The Kier molecular flexibility index (Phi) is 2.37. The summed E-state index contributed by atoms with van der Waals surface area (Å²) >= 11 is 0. The minimum atomic E-state index is -0.475. The van der Waals surface area contributed by atoms with E-state index in [1.54, 1.807) is 0 Å². The van der Waals surface area contributed by atoms with Gasteiger partial charge in [0.05, 0.1) is 6.61 Å². The first-order valence-electron chi connectivity index (χ1n) is 5.11. The quantitative estimate of drug-likeness (QED) is 0.603. The molecule has 2 rings (SSSR count). The van der Waals surface area contributed by atoms with Gasteiger partial charge in [-0.3, -0.25) is 0 Å². The molecule has 0 amide bonds. The molecule has 1 atom stereocenters. The van der Waals surface area contributed by atoms with Gasteiger partial charge in [-0.2, -0.15) is 0 Å². The van der Waals surface area contributed by atoms with E-state index in [2.05, 4.69) is 0 Å². The van der Waals surface area contributed by atoms with E-state index in [-0.39, 0.29) is 0 Å². The molecule has 2 fully saturated rings. The second-order valence-electron chi connectivity index (χ2n) is 4.34. The minimum Gasteiger partial charge on any atom is -0.368 e. The Morgan fingerprint density at radius 3 is 2.50 bits per heavy atom. The van der Waals surface area contributed by atoms with Crippen LogP contribution >= 0.6 is 0 Å². The molecule has 70 valence electrons. The predicted octanol–water partition coefficient (Wildman–Crippen LogP) is 2.07. The minimum absolute atomic E-state index is 0.454. The van der Waals surface area contributed by atoms with Crippen molar-refractivity contribution in [1.29, 1.82) is 0 Å². The van der Waals surface area contributed by atoms with Gasteiger partial charge in [-0.25, -0.2) is 0 Å². The first kappa shape index (κ1) is 8.52. The first-order chi connectivity index (χ1) is 5.81. The second kappa shape index (κ2) is 3.35. The number of ether oxygens (including phenoxy) is 1. The SMILES string of the molecule is O[C@H]1CC2(CCCCC2)CCO1. The van der Waals surface area contributed by atoms with Gasteiger partial charge in [0.2, 0.25) is 0 Å². The van der Waals surface area contributed by atoms with Gasteiger partial charge in [0.1, 0.15) is 0 Å². The highest BCUT2D eigenvalue weighted by Crippen LogP contribution is 2.45. The van der Waals surface area contributed by atoms with E-state index in [9.17, 15) is 5.11 Å². The highest BCUT2D eigenvalue weighted by atomic mass is 16.6. The summed E-state index contributed by atoms with van der Waals surface area (Å²) in [5, 5.41) is 9.40. The van der Waals surface area contributed by atoms with Crippen molar-refractivity contribution >= 4 is 0 Å².